The molecule has 0 spiro atoms. The molecule has 0 saturated carbocycles. The fourth-order valence-corrected chi connectivity index (χ4v) is 2.10. The number of nitrogens with zero attached hydrogens (tertiary/aromatic N) is 1. The summed E-state index contributed by atoms with van der Waals surface area (Å²) >= 11 is 5.90. The van der Waals surface area contributed by atoms with Crippen molar-refractivity contribution in [2.75, 3.05) is 17.2 Å². The molecule has 0 aromatic heterocycles. The van der Waals surface area contributed by atoms with E-state index in [1.807, 2.05) is 6.92 Å². The number of amides is 1. The van der Waals surface area contributed by atoms with E-state index in [-0.39, 0.29) is 11.7 Å². The monoisotopic (exact) mass is 292 g/mol. The highest BCUT2D eigenvalue weighted by molar-refractivity contribution is 6.31. The number of rotatable bonds is 3. The van der Waals surface area contributed by atoms with E-state index in [4.69, 9.17) is 17.3 Å². The van der Waals surface area contributed by atoms with Gasteiger partial charge in [0.25, 0.3) is 5.91 Å². The molecule has 2 N–H and O–H groups in total. The third-order valence-electron chi connectivity index (χ3n) is 2.95. The molecule has 0 atom stereocenters. The number of carbonyl (C=O) groups excluding carboxylic acids is 1. The number of benzene rings is 2. The van der Waals surface area contributed by atoms with Gasteiger partial charge in [0.05, 0.1) is 5.56 Å². The first-order valence-electron chi connectivity index (χ1n) is 6.15. The van der Waals surface area contributed by atoms with E-state index in [1.165, 1.54) is 23.1 Å². The van der Waals surface area contributed by atoms with E-state index in [9.17, 15) is 9.18 Å². The van der Waals surface area contributed by atoms with Gasteiger partial charge in [-0.1, -0.05) is 11.6 Å². The lowest BCUT2D eigenvalue weighted by atomic mass is 10.1. The standard InChI is InChI=1S/C15H14ClFN2O/c1-2-19(12-6-4-11(17)5-7-12)15(20)13-9-10(16)3-8-14(13)18/h3-9H,2,18H2,1H3. The number of halogens is 2. The maximum absolute atomic E-state index is 13.0. The second-order valence-corrected chi connectivity index (χ2v) is 4.69. The minimum absolute atomic E-state index is 0.265. The molecule has 0 bridgehead atoms. The molecule has 2 rings (SSSR count). The van der Waals surface area contributed by atoms with Crippen molar-refractivity contribution in [3.05, 3.63) is 58.9 Å². The zero-order valence-electron chi connectivity index (χ0n) is 10.9. The minimum atomic E-state index is -0.348. The van der Waals surface area contributed by atoms with E-state index in [2.05, 4.69) is 0 Å². The first kappa shape index (κ1) is 14.3. The second-order valence-electron chi connectivity index (χ2n) is 4.26. The van der Waals surface area contributed by atoms with Crippen LogP contribution in [0.15, 0.2) is 42.5 Å². The van der Waals surface area contributed by atoms with Crippen LogP contribution in [0.3, 0.4) is 0 Å². The lowest BCUT2D eigenvalue weighted by molar-refractivity contribution is 0.0989. The lowest BCUT2D eigenvalue weighted by Crippen LogP contribution is -2.31. The quantitative estimate of drug-likeness (QED) is 0.876. The van der Waals surface area contributed by atoms with Crippen LogP contribution in [0, 0.1) is 5.82 Å². The molecule has 0 radical (unpaired) electrons. The molecule has 2 aromatic carbocycles. The van der Waals surface area contributed by atoms with Crippen LogP contribution in [0.5, 0.6) is 0 Å². The molecule has 2 aromatic rings. The molecule has 3 nitrogen and oxygen atoms in total. The molecule has 0 heterocycles. The van der Waals surface area contributed by atoms with Crippen LogP contribution in [0.4, 0.5) is 15.8 Å². The van der Waals surface area contributed by atoms with E-state index in [0.717, 1.165) is 0 Å². The molecule has 104 valence electrons. The third-order valence-corrected chi connectivity index (χ3v) is 3.18. The molecule has 0 aliphatic rings. The summed E-state index contributed by atoms with van der Waals surface area (Å²) in [7, 11) is 0. The number of carbonyl (C=O) groups is 1. The Hall–Kier alpha value is -2.07. The van der Waals surface area contributed by atoms with Crippen LogP contribution < -0.4 is 10.6 Å². The zero-order chi connectivity index (χ0) is 14.7. The second kappa shape index (κ2) is 5.92. The van der Waals surface area contributed by atoms with Crippen molar-refractivity contribution in [1.29, 1.82) is 0 Å². The Morgan fingerprint density at radius 2 is 1.90 bits per heavy atom. The van der Waals surface area contributed by atoms with Gasteiger partial charge in [0.2, 0.25) is 0 Å². The van der Waals surface area contributed by atoms with Crippen LogP contribution >= 0.6 is 11.6 Å². The largest absolute Gasteiger partial charge is 0.398 e. The Morgan fingerprint density at radius 3 is 2.50 bits per heavy atom. The fourth-order valence-electron chi connectivity index (χ4n) is 1.92. The van der Waals surface area contributed by atoms with Crippen LogP contribution in [0.25, 0.3) is 0 Å². The number of anilines is 2. The highest BCUT2D eigenvalue weighted by Crippen LogP contribution is 2.23. The molecular weight excluding hydrogens is 279 g/mol. The normalized spacial score (nSPS) is 10.3. The smallest absolute Gasteiger partial charge is 0.260 e. The van der Waals surface area contributed by atoms with Crippen molar-refractivity contribution in [1.82, 2.24) is 0 Å². The molecule has 0 saturated heterocycles. The maximum Gasteiger partial charge on any atom is 0.260 e. The number of hydrogen-bond donors (Lipinski definition) is 1. The van der Waals surface area contributed by atoms with Crippen LogP contribution in [-0.2, 0) is 0 Å². The summed E-state index contributed by atoms with van der Waals surface area (Å²) in [6, 6.07) is 10.5. The number of nitrogens with two attached hydrogens (primary N) is 1. The summed E-state index contributed by atoms with van der Waals surface area (Å²) in [5.41, 5.74) is 7.13. The molecule has 20 heavy (non-hydrogen) atoms. The molecule has 5 heteroatoms. The van der Waals surface area contributed by atoms with E-state index in [1.54, 1.807) is 24.3 Å². The maximum atomic E-state index is 13.0. The first-order valence-corrected chi connectivity index (χ1v) is 6.53. The first-order chi connectivity index (χ1) is 9.52. The van der Waals surface area contributed by atoms with Gasteiger partial charge in [-0.2, -0.15) is 0 Å². The van der Waals surface area contributed by atoms with Crippen molar-refractivity contribution in [2.24, 2.45) is 0 Å². The zero-order valence-corrected chi connectivity index (χ0v) is 11.7. The molecule has 0 unspecified atom stereocenters. The van der Waals surface area contributed by atoms with Gasteiger partial charge in [-0.05, 0) is 49.4 Å². The van der Waals surface area contributed by atoms with Crippen molar-refractivity contribution < 1.29 is 9.18 Å². The van der Waals surface area contributed by atoms with Gasteiger partial charge in [-0.25, -0.2) is 4.39 Å². The highest BCUT2D eigenvalue weighted by Gasteiger charge is 2.18. The summed E-state index contributed by atoms with van der Waals surface area (Å²) in [5, 5.41) is 0.442. The average Bonchev–Trinajstić information content (AvgIpc) is 2.44. The Morgan fingerprint density at radius 1 is 1.25 bits per heavy atom. The molecule has 0 aliphatic carbocycles. The van der Waals surface area contributed by atoms with Gasteiger partial charge in [0.15, 0.2) is 0 Å². The Balaban J connectivity index is 2.38. The van der Waals surface area contributed by atoms with Gasteiger partial charge in [-0.15, -0.1) is 0 Å². The minimum Gasteiger partial charge on any atom is -0.398 e. The number of nitrogen functional groups attached to an aromatic ring is 1. The van der Waals surface area contributed by atoms with Gasteiger partial charge >= 0.3 is 0 Å². The summed E-state index contributed by atoms with van der Waals surface area (Å²) in [4.78, 5) is 14.0. The summed E-state index contributed by atoms with van der Waals surface area (Å²) < 4.78 is 13.0. The van der Waals surface area contributed by atoms with Crippen molar-refractivity contribution in [3.8, 4) is 0 Å². The lowest BCUT2D eigenvalue weighted by Gasteiger charge is -2.22. The summed E-state index contributed by atoms with van der Waals surface area (Å²) in [6.45, 7) is 2.28. The predicted molar refractivity (Wildman–Crippen MR) is 79.6 cm³/mol. The van der Waals surface area contributed by atoms with Crippen LogP contribution in [0.1, 0.15) is 17.3 Å². The molecular formula is C15H14ClFN2O. The van der Waals surface area contributed by atoms with Crippen molar-refractivity contribution >= 4 is 28.9 Å². The molecule has 0 aliphatic heterocycles. The van der Waals surface area contributed by atoms with Crippen LogP contribution in [-0.4, -0.2) is 12.5 Å². The Labute approximate surface area is 121 Å². The van der Waals surface area contributed by atoms with Gasteiger partial charge in [-0.3, -0.25) is 4.79 Å². The predicted octanol–water partition coefficient (Wildman–Crippen LogP) is 3.73. The van der Waals surface area contributed by atoms with E-state index in [0.29, 0.717) is 28.5 Å². The molecule has 1 amide bonds. The van der Waals surface area contributed by atoms with Gasteiger partial charge in [0, 0.05) is 22.9 Å². The van der Waals surface area contributed by atoms with E-state index < -0.39 is 0 Å². The Kier molecular flexibility index (Phi) is 4.25. The topological polar surface area (TPSA) is 46.3 Å². The average molecular weight is 293 g/mol. The highest BCUT2D eigenvalue weighted by atomic mass is 35.5. The van der Waals surface area contributed by atoms with E-state index >= 15 is 0 Å². The molecule has 0 fully saturated rings. The SMILES string of the molecule is CCN(C(=O)c1cc(Cl)ccc1N)c1ccc(F)cc1. The fraction of sp³-hybridized carbons (Fsp3) is 0.133. The van der Waals surface area contributed by atoms with Crippen molar-refractivity contribution in [2.45, 2.75) is 6.92 Å². The Bertz CT molecular complexity index is 628. The van der Waals surface area contributed by atoms with Gasteiger partial charge in [0.1, 0.15) is 5.82 Å². The summed E-state index contributed by atoms with van der Waals surface area (Å²) in [6.07, 6.45) is 0. The third kappa shape index (κ3) is 2.91. The van der Waals surface area contributed by atoms with Gasteiger partial charge < -0.3 is 10.6 Å². The number of hydrogen-bond acceptors (Lipinski definition) is 2. The summed E-state index contributed by atoms with van der Waals surface area (Å²) in [5.74, 6) is -0.612. The van der Waals surface area contributed by atoms with Crippen LogP contribution in [0.2, 0.25) is 5.02 Å². The van der Waals surface area contributed by atoms with Crippen molar-refractivity contribution in [3.63, 3.8) is 0 Å².